The summed E-state index contributed by atoms with van der Waals surface area (Å²) >= 11 is 0. The van der Waals surface area contributed by atoms with E-state index in [0.717, 1.165) is 17.9 Å². The number of carbonyl (C=O) groups excluding carboxylic acids is 1. The average molecular weight is 390 g/mol. The van der Waals surface area contributed by atoms with Gasteiger partial charge in [0, 0.05) is 32.8 Å². The lowest BCUT2D eigenvalue weighted by molar-refractivity contribution is 0.0421. The van der Waals surface area contributed by atoms with E-state index in [9.17, 15) is 4.79 Å². The van der Waals surface area contributed by atoms with Crippen LogP contribution in [-0.4, -0.2) is 68.9 Å². The summed E-state index contributed by atoms with van der Waals surface area (Å²) < 4.78 is 10.5. The molecule has 2 amide bonds. The van der Waals surface area contributed by atoms with E-state index in [0.29, 0.717) is 31.7 Å². The van der Waals surface area contributed by atoms with Gasteiger partial charge in [0.1, 0.15) is 5.75 Å². The largest absolute Gasteiger partial charge is 0.497 e. The highest BCUT2D eigenvalue weighted by Crippen LogP contribution is 2.31. The summed E-state index contributed by atoms with van der Waals surface area (Å²) in [6.45, 7) is 4.99. The number of ether oxygens (including phenoxy) is 2. The van der Waals surface area contributed by atoms with Crippen molar-refractivity contribution in [1.82, 2.24) is 15.1 Å². The molecule has 0 aromatic heterocycles. The van der Waals surface area contributed by atoms with Crippen LogP contribution in [0.5, 0.6) is 5.75 Å². The van der Waals surface area contributed by atoms with Crippen LogP contribution in [0, 0.1) is 5.92 Å². The third-order valence-electron chi connectivity index (χ3n) is 6.14. The maximum atomic E-state index is 12.9. The maximum absolute atomic E-state index is 12.9. The number of amides is 2. The summed E-state index contributed by atoms with van der Waals surface area (Å²) in [5.74, 6) is 1.39. The summed E-state index contributed by atoms with van der Waals surface area (Å²) in [4.78, 5) is 17.5. The molecule has 2 unspecified atom stereocenters. The predicted octanol–water partition coefficient (Wildman–Crippen LogP) is 3.12. The Hall–Kier alpha value is -1.79. The van der Waals surface area contributed by atoms with E-state index in [1.807, 2.05) is 29.2 Å². The zero-order chi connectivity index (χ0) is 19.8. The molecule has 2 fully saturated rings. The first-order valence-corrected chi connectivity index (χ1v) is 10.6. The summed E-state index contributed by atoms with van der Waals surface area (Å²) in [5.41, 5.74) is 1.07. The maximum Gasteiger partial charge on any atom is 0.317 e. The topological polar surface area (TPSA) is 54.0 Å². The van der Waals surface area contributed by atoms with Crippen LogP contribution < -0.4 is 10.1 Å². The van der Waals surface area contributed by atoms with Crippen LogP contribution in [0.25, 0.3) is 0 Å². The zero-order valence-corrected chi connectivity index (χ0v) is 17.4. The molecule has 0 aliphatic carbocycles. The highest BCUT2D eigenvalue weighted by molar-refractivity contribution is 5.74. The molecule has 2 aliphatic rings. The van der Waals surface area contributed by atoms with Crippen LogP contribution >= 0.6 is 0 Å². The second-order valence-corrected chi connectivity index (χ2v) is 7.95. The molecule has 28 heavy (non-hydrogen) atoms. The van der Waals surface area contributed by atoms with Crippen molar-refractivity contribution in [1.29, 1.82) is 0 Å². The number of nitrogens with one attached hydrogen (secondary N) is 1. The Morgan fingerprint density at radius 3 is 2.68 bits per heavy atom. The number of benzene rings is 1. The number of nitrogens with zero attached hydrogens (tertiary/aromatic N) is 2. The highest BCUT2D eigenvalue weighted by Gasteiger charge is 2.34. The molecule has 1 aromatic carbocycles. The van der Waals surface area contributed by atoms with Crippen molar-refractivity contribution in [3.8, 4) is 5.75 Å². The normalized spacial score (nSPS) is 22.4. The Bertz CT molecular complexity index is 606. The number of piperidine rings is 2. The Balaban J connectivity index is 1.57. The Kier molecular flexibility index (Phi) is 7.98. The van der Waals surface area contributed by atoms with Crippen LogP contribution in [0.1, 0.15) is 37.7 Å². The SMILES string of the molecule is COCCN(CC1CCCN2CCCCC12)C(=O)NCc1ccc(OC)cc1. The monoisotopic (exact) mass is 389 g/mol. The van der Waals surface area contributed by atoms with Gasteiger partial charge >= 0.3 is 6.03 Å². The van der Waals surface area contributed by atoms with Crippen LogP contribution in [0.4, 0.5) is 4.79 Å². The van der Waals surface area contributed by atoms with Crippen LogP contribution in [0.3, 0.4) is 0 Å². The minimum atomic E-state index is 0.000742. The van der Waals surface area contributed by atoms with Crippen molar-refractivity contribution < 1.29 is 14.3 Å². The molecule has 1 aromatic rings. The van der Waals surface area contributed by atoms with E-state index >= 15 is 0 Å². The molecule has 0 bridgehead atoms. The van der Waals surface area contributed by atoms with Crippen molar-refractivity contribution in [3.05, 3.63) is 29.8 Å². The van der Waals surface area contributed by atoms with Crippen molar-refractivity contribution >= 4 is 6.03 Å². The van der Waals surface area contributed by atoms with Gasteiger partial charge in [0.15, 0.2) is 0 Å². The summed E-state index contributed by atoms with van der Waals surface area (Å²) in [6.07, 6.45) is 6.37. The Morgan fingerprint density at radius 1 is 1.14 bits per heavy atom. The summed E-state index contributed by atoms with van der Waals surface area (Å²) in [6, 6.07) is 8.45. The van der Waals surface area contributed by atoms with Gasteiger partial charge in [-0.05, 0) is 62.4 Å². The van der Waals surface area contributed by atoms with Crippen molar-refractivity contribution in [2.24, 2.45) is 5.92 Å². The summed E-state index contributed by atoms with van der Waals surface area (Å²) in [7, 11) is 3.35. The van der Waals surface area contributed by atoms with E-state index in [1.54, 1.807) is 14.2 Å². The van der Waals surface area contributed by atoms with Gasteiger partial charge in [-0.25, -0.2) is 4.79 Å². The third kappa shape index (κ3) is 5.61. The molecule has 1 N–H and O–H groups in total. The zero-order valence-electron chi connectivity index (χ0n) is 17.4. The number of carbonyl (C=O) groups is 1. The average Bonchev–Trinajstić information content (AvgIpc) is 2.75. The van der Waals surface area contributed by atoms with E-state index in [1.165, 1.54) is 45.2 Å². The van der Waals surface area contributed by atoms with Gasteiger partial charge in [0.2, 0.25) is 0 Å². The van der Waals surface area contributed by atoms with E-state index in [4.69, 9.17) is 9.47 Å². The fourth-order valence-corrected chi connectivity index (χ4v) is 4.58. The molecule has 3 rings (SSSR count). The quantitative estimate of drug-likeness (QED) is 0.742. The molecule has 6 nitrogen and oxygen atoms in total. The Labute approximate surface area is 169 Å². The smallest absolute Gasteiger partial charge is 0.317 e. The fraction of sp³-hybridized carbons (Fsp3) is 0.682. The minimum absolute atomic E-state index is 0.000742. The van der Waals surface area contributed by atoms with Gasteiger partial charge in [-0.3, -0.25) is 0 Å². The molecule has 2 aliphatic heterocycles. The number of hydrogen-bond acceptors (Lipinski definition) is 4. The van der Waals surface area contributed by atoms with E-state index < -0.39 is 0 Å². The lowest BCUT2D eigenvalue weighted by Crippen LogP contribution is -2.53. The molecule has 0 spiro atoms. The molecule has 6 heteroatoms. The fourth-order valence-electron chi connectivity index (χ4n) is 4.58. The van der Waals surface area contributed by atoms with Crippen LogP contribution in [0.15, 0.2) is 24.3 Å². The number of hydrogen-bond donors (Lipinski definition) is 1. The molecule has 2 heterocycles. The number of rotatable bonds is 8. The first-order valence-electron chi connectivity index (χ1n) is 10.6. The number of fused-ring (bicyclic) bond motifs is 1. The molecular weight excluding hydrogens is 354 g/mol. The second kappa shape index (κ2) is 10.7. The molecule has 156 valence electrons. The van der Waals surface area contributed by atoms with Crippen molar-refractivity contribution in [2.75, 3.05) is 47.0 Å². The molecule has 0 saturated carbocycles. The van der Waals surface area contributed by atoms with Gasteiger partial charge in [-0.15, -0.1) is 0 Å². The standard InChI is InChI=1S/C22H35N3O3/c1-27-15-14-25(17-19-6-5-13-24-12-4-3-7-21(19)24)22(26)23-16-18-8-10-20(28-2)11-9-18/h8-11,19,21H,3-7,12-17H2,1-2H3,(H,23,26). The van der Waals surface area contributed by atoms with Gasteiger partial charge in [0.05, 0.1) is 13.7 Å². The first-order chi connectivity index (χ1) is 13.7. The Morgan fingerprint density at radius 2 is 1.93 bits per heavy atom. The lowest BCUT2D eigenvalue weighted by atomic mass is 9.83. The number of methoxy groups -OCH3 is 2. The molecule has 2 saturated heterocycles. The molecular formula is C22H35N3O3. The number of urea groups is 1. The van der Waals surface area contributed by atoms with Gasteiger partial charge < -0.3 is 24.6 Å². The van der Waals surface area contributed by atoms with Crippen molar-refractivity contribution in [3.63, 3.8) is 0 Å². The van der Waals surface area contributed by atoms with Crippen molar-refractivity contribution in [2.45, 2.75) is 44.7 Å². The van der Waals surface area contributed by atoms with Gasteiger partial charge in [-0.2, -0.15) is 0 Å². The first kappa shape index (κ1) is 20.9. The summed E-state index contributed by atoms with van der Waals surface area (Å²) in [5, 5.41) is 3.08. The highest BCUT2D eigenvalue weighted by atomic mass is 16.5. The van der Waals surface area contributed by atoms with Gasteiger partial charge in [0.25, 0.3) is 0 Å². The van der Waals surface area contributed by atoms with E-state index in [2.05, 4.69) is 10.2 Å². The van der Waals surface area contributed by atoms with Crippen LogP contribution in [0.2, 0.25) is 0 Å². The van der Waals surface area contributed by atoms with Crippen LogP contribution in [-0.2, 0) is 11.3 Å². The van der Waals surface area contributed by atoms with Gasteiger partial charge in [-0.1, -0.05) is 18.6 Å². The second-order valence-electron chi connectivity index (χ2n) is 7.95. The minimum Gasteiger partial charge on any atom is -0.497 e. The molecule has 2 atom stereocenters. The third-order valence-corrected chi connectivity index (χ3v) is 6.14. The predicted molar refractivity (Wildman–Crippen MR) is 111 cm³/mol. The van der Waals surface area contributed by atoms with E-state index in [-0.39, 0.29) is 6.03 Å². The lowest BCUT2D eigenvalue weighted by Gasteiger charge is -2.45. The molecule has 0 radical (unpaired) electrons.